The van der Waals surface area contributed by atoms with E-state index >= 15 is 0 Å². The monoisotopic (exact) mass is 205 g/mol. The molecule has 0 bridgehead atoms. The highest BCUT2D eigenvalue weighted by Gasteiger charge is 2.05. The third kappa shape index (κ3) is 1.74. The Bertz CT molecular complexity index is 460. The summed E-state index contributed by atoms with van der Waals surface area (Å²) in [5, 5.41) is 4.10. The topological polar surface area (TPSA) is 78.9 Å². The lowest BCUT2D eigenvalue weighted by Crippen LogP contribution is -2.00. The van der Waals surface area contributed by atoms with Gasteiger partial charge in [0.25, 0.3) is 0 Å². The van der Waals surface area contributed by atoms with E-state index in [-0.39, 0.29) is 0 Å². The Morgan fingerprint density at radius 3 is 2.80 bits per heavy atom. The smallest absolute Gasteiger partial charge is 0.218 e. The number of rotatable bonds is 2. The molecular formula is C9H11N5O. The fraction of sp³-hybridized carbons (Fsp3) is 0.222. The Balaban J connectivity index is 2.44. The largest absolute Gasteiger partial charge is 0.481 e. The number of anilines is 1. The van der Waals surface area contributed by atoms with Crippen molar-refractivity contribution in [3.8, 4) is 11.7 Å². The third-order valence-corrected chi connectivity index (χ3v) is 2.01. The van der Waals surface area contributed by atoms with E-state index in [2.05, 4.69) is 15.1 Å². The molecule has 15 heavy (non-hydrogen) atoms. The maximum absolute atomic E-state index is 5.64. The van der Waals surface area contributed by atoms with Gasteiger partial charge in [0.05, 0.1) is 7.11 Å². The number of ether oxygens (including phenoxy) is 1. The van der Waals surface area contributed by atoms with E-state index < -0.39 is 0 Å². The van der Waals surface area contributed by atoms with Crippen molar-refractivity contribution in [3.05, 3.63) is 24.2 Å². The van der Waals surface area contributed by atoms with Crippen LogP contribution in [0, 0.1) is 6.92 Å². The fourth-order valence-electron chi connectivity index (χ4n) is 1.16. The summed E-state index contributed by atoms with van der Waals surface area (Å²) < 4.78 is 6.58. The highest BCUT2D eigenvalue weighted by molar-refractivity contribution is 5.39. The minimum Gasteiger partial charge on any atom is -0.481 e. The standard InChI is InChI=1S/C9H11N5O/c1-6-4-14(13-9(6)10)7-3-8(15-2)12-5-11-7/h3-5H,1-2H3,(H2,10,13). The van der Waals surface area contributed by atoms with Crippen LogP contribution >= 0.6 is 0 Å². The summed E-state index contributed by atoms with van der Waals surface area (Å²) in [7, 11) is 1.55. The van der Waals surface area contributed by atoms with E-state index in [9.17, 15) is 0 Å². The molecule has 6 heteroatoms. The quantitative estimate of drug-likeness (QED) is 0.775. The van der Waals surface area contributed by atoms with Crippen LogP contribution in [0.3, 0.4) is 0 Å². The summed E-state index contributed by atoms with van der Waals surface area (Å²) in [5.74, 6) is 1.61. The molecule has 0 aromatic carbocycles. The first-order chi connectivity index (χ1) is 7.20. The maximum atomic E-state index is 5.64. The predicted octanol–water partition coefficient (Wildman–Crippen LogP) is 0.562. The van der Waals surface area contributed by atoms with Crippen molar-refractivity contribution in [2.75, 3.05) is 12.8 Å². The average molecular weight is 205 g/mol. The number of methoxy groups -OCH3 is 1. The molecule has 0 amide bonds. The number of nitrogens with zero attached hydrogens (tertiary/aromatic N) is 4. The lowest BCUT2D eigenvalue weighted by molar-refractivity contribution is 0.396. The molecule has 78 valence electrons. The molecule has 2 heterocycles. The lowest BCUT2D eigenvalue weighted by atomic mass is 10.4. The summed E-state index contributed by atoms with van der Waals surface area (Å²) >= 11 is 0. The van der Waals surface area contributed by atoms with Gasteiger partial charge in [-0.15, -0.1) is 5.10 Å². The molecule has 0 saturated carbocycles. The zero-order valence-electron chi connectivity index (χ0n) is 8.51. The van der Waals surface area contributed by atoms with Crippen LogP contribution in [0.1, 0.15) is 5.56 Å². The van der Waals surface area contributed by atoms with E-state index in [0.717, 1.165) is 5.56 Å². The van der Waals surface area contributed by atoms with Crippen LogP contribution < -0.4 is 10.5 Å². The van der Waals surface area contributed by atoms with Crippen molar-refractivity contribution in [1.29, 1.82) is 0 Å². The average Bonchev–Trinajstić information content (AvgIpc) is 2.59. The highest BCUT2D eigenvalue weighted by atomic mass is 16.5. The van der Waals surface area contributed by atoms with Gasteiger partial charge < -0.3 is 10.5 Å². The van der Waals surface area contributed by atoms with Crippen molar-refractivity contribution in [1.82, 2.24) is 19.7 Å². The second kappa shape index (κ2) is 3.56. The summed E-state index contributed by atoms with van der Waals surface area (Å²) in [6.07, 6.45) is 3.22. The third-order valence-electron chi connectivity index (χ3n) is 2.01. The first-order valence-electron chi connectivity index (χ1n) is 4.39. The molecule has 2 rings (SSSR count). The van der Waals surface area contributed by atoms with Gasteiger partial charge in [-0.3, -0.25) is 0 Å². The summed E-state index contributed by atoms with van der Waals surface area (Å²) in [4.78, 5) is 7.97. The molecule has 0 saturated heterocycles. The molecule has 0 aliphatic carbocycles. The van der Waals surface area contributed by atoms with Gasteiger partial charge in [0.1, 0.15) is 12.1 Å². The molecule has 0 spiro atoms. The summed E-state index contributed by atoms with van der Waals surface area (Å²) in [6.45, 7) is 1.89. The Kier molecular flexibility index (Phi) is 2.24. The van der Waals surface area contributed by atoms with Gasteiger partial charge in [0, 0.05) is 17.8 Å². The molecule has 2 N–H and O–H groups in total. The van der Waals surface area contributed by atoms with Gasteiger partial charge >= 0.3 is 0 Å². The van der Waals surface area contributed by atoms with Gasteiger partial charge in [0.2, 0.25) is 5.88 Å². The van der Waals surface area contributed by atoms with Crippen LogP contribution in [0.15, 0.2) is 18.6 Å². The van der Waals surface area contributed by atoms with Crippen molar-refractivity contribution in [2.45, 2.75) is 6.92 Å². The molecule has 0 aliphatic rings. The molecular weight excluding hydrogens is 194 g/mol. The number of aromatic nitrogens is 4. The number of nitrogen functional groups attached to an aromatic ring is 1. The van der Waals surface area contributed by atoms with E-state index in [4.69, 9.17) is 10.5 Å². The van der Waals surface area contributed by atoms with Crippen molar-refractivity contribution < 1.29 is 4.74 Å². The highest BCUT2D eigenvalue weighted by Crippen LogP contribution is 2.13. The first kappa shape index (κ1) is 9.45. The van der Waals surface area contributed by atoms with Crippen LogP contribution in [0.2, 0.25) is 0 Å². The second-order valence-corrected chi connectivity index (χ2v) is 3.06. The number of hydrogen-bond donors (Lipinski definition) is 1. The lowest BCUT2D eigenvalue weighted by Gasteiger charge is -2.01. The minimum atomic E-state index is 0.492. The molecule has 0 aliphatic heterocycles. The van der Waals surface area contributed by atoms with Crippen LogP contribution in [0.5, 0.6) is 5.88 Å². The van der Waals surface area contributed by atoms with Crippen LogP contribution in [-0.4, -0.2) is 26.9 Å². The van der Waals surface area contributed by atoms with E-state index in [1.807, 2.05) is 6.92 Å². The SMILES string of the molecule is COc1cc(-n2cc(C)c(N)n2)ncn1. The van der Waals surface area contributed by atoms with Crippen molar-refractivity contribution >= 4 is 5.82 Å². The number of nitrogens with two attached hydrogens (primary N) is 1. The second-order valence-electron chi connectivity index (χ2n) is 3.06. The van der Waals surface area contributed by atoms with Crippen molar-refractivity contribution in [3.63, 3.8) is 0 Å². The molecule has 0 unspecified atom stereocenters. The van der Waals surface area contributed by atoms with Crippen LogP contribution in [-0.2, 0) is 0 Å². The van der Waals surface area contributed by atoms with E-state index in [1.54, 1.807) is 24.1 Å². The predicted molar refractivity (Wildman–Crippen MR) is 54.9 cm³/mol. The van der Waals surface area contributed by atoms with Gasteiger partial charge in [-0.05, 0) is 6.92 Å². The molecule has 0 atom stereocenters. The van der Waals surface area contributed by atoms with E-state index in [0.29, 0.717) is 17.5 Å². The summed E-state index contributed by atoms with van der Waals surface area (Å²) in [6, 6.07) is 1.69. The zero-order chi connectivity index (χ0) is 10.8. The van der Waals surface area contributed by atoms with Gasteiger partial charge in [-0.2, -0.15) is 0 Å². The van der Waals surface area contributed by atoms with Gasteiger partial charge in [-0.1, -0.05) is 0 Å². The number of hydrogen-bond acceptors (Lipinski definition) is 5. The summed E-state index contributed by atoms with van der Waals surface area (Å²) in [5.41, 5.74) is 6.55. The maximum Gasteiger partial charge on any atom is 0.218 e. The van der Waals surface area contributed by atoms with Crippen LogP contribution in [0.4, 0.5) is 5.82 Å². The Morgan fingerprint density at radius 1 is 1.40 bits per heavy atom. The van der Waals surface area contributed by atoms with Crippen LogP contribution in [0.25, 0.3) is 5.82 Å². The van der Waals surface area contributed by atoms with Gasteiger partial charge in [-0.25, -0.2) is 14.6 Å². The molecule has 6 nitrogen and oxygen atoms in total. The molecule has 2 aromatic rings. The van der Waals surface area contributed by atoms with Crippen molar-refractivity contribution in [2.24, 2.45) is 0 Å². The Morgan fingerprint density at radius 2 is 2.20 bits per heavy atom. The van der Waals surface area contributed by atoms with Gasteiger partial charge in [0.15, 0.2) is 5.82 Å². The minimum absolute atomic E-state index is 0.492. The van der Waals surface area contributed by atoms with E-state index in [1.165, 1.54) is 6.33 Å². The Labute approximate surface area is 86.7 Å². The molecule has 0 radical (unpaired) electrons. The Hall–Kier alpha value is -2.11. The number of aryl methyl sites for hydroxylation is 1. The fourth-order valence-corrected chi connectivity index (χ4v) is 1.16. The normalized spacial score (nSPS) is 10.3. The zero-order valence-corrected chi connectivity index (χ0v) is 8.51. The first-order valence-corrected chi connectivity index (χ1v) is 4.39. The molecule has 0 fully saturated rings. The molecule has 2 aromatic heterocycles.